The molecule has 0 aliphatic carbocycles. The number of urea groups is 1. The maximum absolute atomic E-state index is 13.1. The highest BCUT2D eigenvalue weighted by Crippen LogP contribution is 2.33. The van der Waals surface area contributed by atoms with Crippen LogP contribution in [0, 0.1) is 5.82 Å². The number of halogens is 4. The Balaban J connectivity index is 2.11. The molecule has 0 bridgehead atoms. The van der Waals surface area contributed by atoms with Crippen molar-refractivity contribution in [3.63, 3.8) is 0 Å². The molecule has 116 valence electrons. The number of hydrogen-bond donors (Lipinski definition) is 2. The van der Waals surface area contributed by atoms with E-state index in [1.54, 1.807) is 0 Å². The van der Waals surface area contributed by atoms with Crippen LogP contribution in [0.2, 0.25) is 0 Å². The van der Waals surface area contributed by atoms with Gasteiger partial charge < -0.3 is 15.3 Å². The number of hydrogen-bond acceptors (Lipinski definition) is 2. The molecule has 1 unspecified atom stereocenters. The first-order valence-electron chi connectivity index (χ1n) is 6.38. The molecule has 1 saturated heterocycles. The summed E-state index contributed by atoms with van der Waals surface area (Å²) in [7, 11) is 0. The number of alkyl halides is 3. The summed E-state index contributed by atoms with van der Waals surface area (Å²) in [4.78, 5) is 13.2. The van der Waals surface area contributed by atoms with Gasteiger partial charge in [0.15, 0.2) is 0 Å². The van der Waals surface area contributed by atoms with Gasteiger partial charge in [-0.1, -0.05) is 0 Å². The summed E-state index contributed by atoms with van der Waals surface area (Å²) in [6.45, 7) is 0.537. The molecule has 0 spiro atoms. The standard InChI is InChI=1S/C13H14F4N2O2/c14-11-4-3-8(6-10(11)13(15,16)17)18-12(21)19-5-1-2-9(20)7-19/h3-4,6,9,20H,1-2,5,7H2,(H,18,21). The van der Waals surface area contributed by atoms with E-state index >= 15 is 0 Å². The van der Waals surface area contributed by atoms with Gasteiger partial charge in [0, 0.05) is 18.8 Å². The molecular weight excluding hydrogens is 292 g/mol. The predicted molar refractivity (Wildman–Crippen MR) is 67.2 cm³/mol. The second-order valence-electron chi connectivity index (χ2n) is 4.86. The van der Waals surface area contributed by atoms with E-state index in [1.807, 2.05) is 0 Å². The van der Waals surface area contributed by atoms with Crippen molar-refractivity contribution in [1.29, 1.82) is 0 Å². The van der Waals surface area contributed by atoms with Crippen molar-refractivity contribution in [1.82, 2.24) is 4.90 Å². The fourth-order valence-corrected chi connectivity index (χ4v) is 2.16. The highest BCUT2D eigenvalue weighted by atomic mass is 19.4. The maximum atomic E-state index is 13.1. The van der Waals surface area contributed by atoms with Crippen molar-refractivity contribution in [3.8, 4) is 0 Å². The molecule has 1 aliphatic rings. The zero-order valence-corrected chi connectivity index (χ0v) is 11.0. The van der Waals surface area contributed by atoms with Crippen LogP contribution in [0.4, 0.5) is 28.0 Å². The Morgan fingerprint density at radius 1 is 1.38 bits per heavy atom. The number of carbonyl (C=O) groups excluding carboxylic acids is 1. The second kappa shape index (κ2) is 5.88. The third kappa shape index (κ3) is 3.84. The number of benzene rings is 1. The molecule has 1 aliphatic heterocycles. The number of β-amino-alcohol motifs (C(OH)–C–C–N with tert-alkyl or cyclic N) is 1. The maximum Gasteiger partial charge on any atom is 0.419 e. The summed E-state index contributed by atoms with van der Waals surface area (Å²) < 4.78 is 50.9. The minimum atomic E-state index is -4.83. The van der Waals surface area contributed by atoms with Crippen molar-refractivity contribution < 1.29 is 27.5 Å². The number of likely N-dealkylation sites (tertiary alicyclic amines) is 1. The van der Waals surface area contributed by atoms with E-state index in [4.69, 9.17) is 0 Å². The Morgan fingerprint density at radius 3 is 2.71 bits per heavy atom. The van der Waals surface area contributed by atoms with E-state index < -0.39 is 29.7 Å². The second-order valence-corrected chi connectivity index (χ2v) is 4.86. The summed E-state index contributed by atoms with van der Waals surface area (Å²) in [6.07, 6.45) is -4.26. The lowest BCUT2D eigenvalue weighted by atomic mass is 10.1. The van der Waals surface area contributed by atoms with E-state index in [9.17, 15) is 27.5 Å². The Morgan fingerprint density at radius 2 is 2.10 bits per heavy atom. The van der Waals surface area contributed by atoms with Crippen LogP contribution >= 0.6 is 0 Å². The summed E-state index contributed by atoms with van der Waals surface area (Å²) >= 11 is 0. The van der Waals surface area contributed by atoms with Crippen LogP contribution in [0.3, 0.4) is 0 Å². The number of aliphatic hydroxyl groups is 1. The zero-order valence-electron chi connectivity index (χ0n) is 11.0. The molecule has 21 heavy (non-hydrogen) atoms. The average molecular weight is 306 g/mol. The largest absolute Gasteiger partial charge is 0.419 e. The first-order chi connectivity index (χ1) is 9.77. The van der Waals surface area contributed by atoms with Gasteiger partial charge >= 0.3 is 12.2 Å². The highest BCUT2D eigenvalue weighted by molar-refractivity contribution is 5.89. The average Bonchev–Trinajstić information content (AvgIpc) is 2.39. The molecule has 2 amide bonds. The Kier molecular flexibility index (Phi) is 4.36. The van der Waals surface area contributed by atoms with Crippen LogP contribution in [-0.4, -0.2) is 35.2 Å². The van der Waals surface area contributed by atoms with Crippen molar-refractivity contribution in [2.75, 3.05) is 18.4 Å². The molecule has 1 fully saturated rings. The number of piperidine rings is 1. The van der Waals surface area contributed by atoms with Crippen LogP contribution < -0.4 is 5.32 Å². The number of rotatable bonds is 1. The first kappa shape index (κ1) is 15.6. The number of anilines is 1. The molecule has 1 aromatic carbocycles. The van der Waals surface area contributed by atoms with Gasteiger partial charge in [-0.15, -0.1) is 0 Å². The van der Waals surface area contributed by atoms with Gasteiger partial charge in [0.1, 0.15) is 5.82 Å². The number of amides is 2. The molecule has 1 atom stereocenters. The van der Waals surface area contributed by atoms with Gasteiger partial charge in [-0.05, 0) is 31.0 Å². The van der Waals surface area contributed by atoms with Gasteiger partial charge in [-0.3, -0.25) is 0 Å². The van der Waals surface area contributed by atoms with Gasteiger partial charge in [0.2, 0.25) is 0 Å². The monoisotopic (exact) mass is 306 g/mol. The minimum Gasteiger partial charge on any atom is -0.391 e. The van der Waals surface area contributed by atoms with Crippen LogP contribution in [-0.2, 0) is 6.18 Å². The summed E-state index contributed by atoms with van der Waals surface area (Å²) in [5, 5.41) is 11.7. The van der Waals surface area contributed by atoms with E-state index in [-0.39, 0.29) is 12.2 Å². The predicted octanol–water partition coefficient (Wildman–Crippen LogP) is 2.83. The zero-order chi connectivity index (χ0) is 15.6. The van der Waals surface area contributed by atoms with Crippen molar-refractivity contribution >= 4 is 11.7 Å². The SMILES string of the molecule is O=C(Nc1ccc(F)c(C(F)(F)F)c1)N1CCCC(O)C1. The highest BCUT2D eigenvalue weighted by Gasteiger charge is 2.34. The quantitative estimate of drug-likeness (QED) is 0.784. The molecular formula is C13H14F4N2O2. The summed E-state index contributed by atoms with van der Waals surface area (Å²) in [5.74, 6) is -1.39. The molecule has 2 N–H and O–H groups in total. The fraction of sp³-hybridized carbons (Fsp3) is 0.462. The van der Waals surface area contributed by atoms with Gasteiger partial charge in [-0.2, -0.15) is 13.2 Å². The van der Waals surface area contributed by atoms with E-state index in [2.05, 4.69) is 5.32 Å². The lowest BCUT2D eigenvalue weighted by Crippen LogP contribution is -2.44. The van der Waals surface area contributed by atoms with Crippen molar-refractivity contribution in [3.05, 3.63) is 29.6 Å². The number of nitrogens with one attached hydrogen (secondary N) is 1. The van der Waals surface area contributed by atoms with Crippen LogP contribution in [0.15, 0.2) is 18.2 Å². The smallest absolute Gasteiger partial charge is 0.391 e. The van der Waals surface area contributed by atoms with Crippen LogP contribution in [0.25, 0.3) is 0 Å². The summed E-state index contributed by atoms with van der Waals surface area (Å²) in [5.41, 5.74) is -1.58. The van der Waals surface area contributed by atoms with E-state index in [0.717, 1.165) is 6.07 Å². The molecule has 8 heteroatoms. The number of nitrogens with zero attached hydrogens (tertiary/aromatic N) is 1. The lowest BCUT2D eigenvalue weighted by molar-refractivity contribution is -0.139. The minimum absolute atomic E-state index is 0.124. The molecule has 0 radical (unpaired) electrons. The molecule has 4 nitrogen and oxygen atoms in total. The third-order valence-corrected chi connectivity index (χ3v) is 3.21. The van der Waals surface area contributed by atoms with Crippen LogP contribution in [0.5, 0.6) is 0 Å². The van der Waals surface area contributed by atoms with Gasteiger partial charge in [0.25, 0.3) is 0 Å². The summed E-state index contributed by atoms with van der Waals surface area (Å²) in [6, 6.07) is 1.65. The molecule has 1 heterocycles. The fourth-order valence-electron chi connectivity index (χ4n) is 2.16. The van der Waals surface area contributed by atoms with Crippen molar-refractivity contribution in [2.45, 2.75) is 25.1 Å². The molecule has 1 aromatic rings. The first-order valence-corrected chi connectivity index (χ1v) is 6.38. The molecule has 0 aromatic heterocycles. The van der Waals surface area contributed by atoms with Crippen molar-refractivity contribution in [2.24, 2.45) is 0 Å². The Hall–Kier alpha value is -1.83. The van der Waals surface area contributed by atoms with Crippen LogP contribution in [0.1, 0.15) is 18.4 Å². The molecule has 2 rings (SSSR count). The van der Waals surface area contributed by atoms with E-state index in [0.29, 0.717) is 31.5 Å². The number of aliphatic hydroxyl groups excluding tert-OH is 1. The lowest BCUT2D eigenvalue weighted by Gasteiger charge is -2.30. The van der Waals surface area contributed by atoms with Gasteiger partial charge in [0.05, 0.1) is 11.7 Å². The van der Waals surface area contributed by atoms with E-state index in [1.165, 1.54) is 4.90 Å². The Bertz CT molecular complexity index is 533. The topological polar surface area (TPSA) is 52.6 Å². The Labute approximate surface area is 118 Å². The third-order valence-electron chi connectivity index (χ3n) is 3.21. The normalized spacial score (nSPS) is 19.5. The number of carbonyl (C=O) groups is 1. The molecule has 0 saturated carbocycles. The van der Waals surface area contributed by atoms with Gasteiger partial charge in [-0.25, -0.2) is 9.18 Å².